The first kappa shape index (κ1) is 22.1. The largest absolute Gasteiger partial charge is 0.484 e. The number of ether oxygens (including phenoxy) is 1. The zero-order valence-electron chi connectivity index (χ0n) is 18.2. The first-order chi connectivity index (χ1) is 16.0. The van der Waals surface area contributed by atoms with Gasteiger partial charge < -0.3 is 19.0 Å². The fraction of sp³-hybridized carbons (Fsp3) is 0.240. The molecule has 1 saturated heterocycles. The molecule has 0 unspecified atom stereocenters. The third kappa shape index (κ3) is 5.57. The number of nitrogens with zero attached hydrogens (tertiary/aromatic N) is 4. The Morgan fingerprint density at radius 2 is 1.94 bits per heavy atom. The SMILES string of the molecule is Cc1cccc(OCC(=O)N2CCN(c3oc(C=Cc4ccc(F)cc4)nc3C#N)CC2)c1. The average Bonchev–Trinajstić information content (AvgIpc) is 3.26. The number of carbonyl (C=O) groups excluding carboxylic acids is 1. The lowest BCUT2D eigenvalue weighted by Gasteiger charge is -2.34. The number of amides is 1. The summed E-state index contributed by atoms with van der Waals surface area (Å²) < 4.78 is 24.5. The van der Waals surface area contributed by atoms with Crippen molar-refractivity contribution in [3.8, 4) is 11.8 Å². The third-order valence-electron chi connectivity index (χ3n) is 5.29. The average molecular weight is 446 g/mol. The van der Waals surface area contributed by atoms with E-state index >= 15 is 0 Å². The van der Waals surface area contributed by atoms with Crippen molar-refractivity contribution in [3.63, 3.8) is 0 Å². The van der Waals surface area contributed by atoms with Crippen LogP contribution in [0.25, 0.3) is 12.2 Å². The lowest BCUT2D eigenvalue weighted by Crippen LogP contribution is -2.50. The minimum absolute atomic E-state index is 0.0203. The summed E-state index contributed by atoms with van der Waals surface area (Å²) in [6.07, 6.45) is 3.38. The molecule has 1 fully saturated rings. The van der Waals surface area contributed by atoms with Crippen LogP contribution in [0.15, 0.2) is 52.9 Å². The summed E-state index contributed by atoms with van der Waals surface area (Å²) in [5.74, 6) is 0.952. The van der Waals surface area contributed by atoms with E-state index in [0.29, 0.717) is 37.8 Å². The number of carbonyl (C=O) groups is 1. The highest BCUT2D eigenvalue weighted by Crippen LogP contribution is 2.24. The Morgan fingerprint density at radius 3 is 2.64 bits per heavy atom. The van der Waals surface area contributed by atoms with Crippen molar-refractivity contribution in [3.05, 3.63) is 77.1 Å². The number of aryl methyl sites for hydroxylation is 1. The Kier molecular flexibility index (Phi) is 6.69. The molecule has 1 aromatic heterocycles. The molecule has 4 rings (SSSR count). The predicted octanol–water partition coefficient (Wildman–Crippen LogP) is 3.89. The number of aromatic nitrogens is 1. The van der Waals surface area contributed by atoms with E-state index in [1.807, 2.05) is 36.1 Å². The Labute approximate surface area is 191 Å². The molecular weight excluding hydrogens is 423 g/mol. The van der Waals surface area contributed by atoms with Gasteiger partial charge in [-0.1, -0.05) is 24.3 Å². The normalized spacial score (nSPS) is 13.8. The van der Waals surface area contributed by atoms with Crippen LogP contribution < -0.4 is 9.64 Å². The highest BCUT2D eigenvalue weighted by atomic mass is 19.1. The van der Waals surface area contributed by atoms with Crippen molar-refractivity contribution in [2.75, 3.05) is 37.7 Å². The van der Waals surface area contributed by atoms with E-state index in [4.69, 9.17) is 9.15 Å². The molecule has 8 heteroatoms. The van der Waals surface area contributed by atoms with Gasteiger partial charge in [-0.3, -0.25) is 4.79 Å². The van der Waals surface area contributed by atoms with Crippen molar-refractivity contribution in [2.45, 2.75) is 6.92 Å². The second-order valence-electron chi connectivity index (χ2n) is 7.68. The van der Waals surface area contributed by atoms with Crippen LogP contribution in [0.1, 0.15) is 22.7 Å². The zero-order valence-corrected chi connectivity index (χ0v) is 18.2. The molecule has 33 heavy (non-hydrogen) atoms. The van der Waals surface area contributed by atoms with Crippen LogP contribution in [0.3, 0.4) is 0 Å². The molecule has 0 spiro atoms. The van der Waals surface area contributed by atoms with Crippen molar-refractivity contribution < 1.29 is 18.3 Å². The second kappa shape index (κ2) is 10.0. The number of anilines is 1. The fourth-order valence-corrected chi connectivity index (χ4v) is 3.53. The molecule has 0 saturated carbocycles. The maximum absolute atomic E-state index is 13.0. The molecule has 168 valence electrons. The van der Waals surface area contributed by atoms with Crippen molar-refractivity contribution in [1.29, 1.82) is 5.26 Å². The number of nitriles is 1. The topological polar surface area (TPSA) is 82.6 Å². The van der Waals surface area contributed by atoms with Gasteiger partial charge in [0, 0.05) is 32.3 Å². The van der Waals surface area contributed by atoms with Crippen LogP contribution >= 0.6 is 0 Å². The molecule has 1 aliphatic heterocycles. The van der Waals surface area contributed by atoms with Crippen LogP contribution in [0.5, 0.6) is 5.75 Å². The minimum Gasteiger partial charge on any atom is -0.484 e. The molecule has 0 atom stereocenters. The summed E-state index contributed by atoms with van der Waals surface area (Å²) in [5.41, 5.74) is 2.05. The van der Waals surface area contributed by atoms with E-state index in [-0.39, 0.29) is 29.9 Å². The van der Waals surface area contributed by atoms with E-state index in [1.165, 1.54) is 12.1 Å². The molecular formula is C25H23FN4O3. The highest BCUT2D eigenvalue weighted by molar-refractivity contribution is 5.78. The summed E-state index contributed by atoms with van der Waals surface area (Å²) in [4.78, 5) is 20.4. The maximum atomic E-state index is 13.0. The summed E-state index contributed by atoms with van der Waals surface area (Å²) in [6, 6.07) is 15.7. The van der Waals surface area contributed by atoms with E-state index in [1.54, 1.807) is 29.2 Å². The first-order valence-corrected chi connectivity index (χ1v) is 10.6. The molecule has 0 bridgehead atoms. The number of rotatable bonds is 6. The Balaban J connectivity index is 1.34. The van der Waals surface area contributed by atoms with Crippen molar-refractivity contribution in [2.24, 2.45) is 0 Å². The Morgan fingerprint density at radius 1 is 1.18 bits per heavy atom. The van der Waals surface area contributed by atoms with Crippen LogP contribution in [0, 0.1) is 24.1 Å². The van der Waals surface area contributed by atoms with Gasteiger partial charge in [-0.2, -0.15) is 10.2 Å². The molecule has 3 aromatic rings. The number of piperazine rings is 1. The highest BCUT2D eigenvalue weighted by Gasteiger charge is 2.26. The van der Waals surface area contributed by atoms with Crippen LogP contribution in [-0.4, -0.2) is 48.6 Å². The van der Waals surface area contributed by atoms with E-state index < -0.39 is 0 Å². The molecule has 2 aromatic carbocycles. The van der Waals surface area contributed by atoms with Gasteiger partial charge in [-0.25, -0.2) is 4.39 Å². The van der Waals surface area contributed by atoms with Gasteiger partial charge >= 0.3 is 0 Å². The van der Waals surface area contributed by atoms with E-state index in [0.717, 1.165) is 11.1 Å². The van der Waals surface area contributed by atoms with Gasteiger partial charge in [0.1, 0.15) is 17.6 Å². The van der Waals surface area contributed by atoms with Crippen molar-refractivity contribution >= 4 is 23.9 Å². The van der Waals surface area contributed by atoms with Gasteiger partial charge in [0.15, 0.2) is 6.61 Å². The number of halogens is 1. The van der Waals surface area contributed by atoms with Gasteiger partial charge in [0.25, 0.3) is 5.91 Å². The molecule has 1 aliphatic rings. The monoisotopic (exact) mass is 446 g/mol. The second-order valence-corrected chi connectivity index (χ2v) is 7.68. The van der Waals surface area contributed by atoms with Crippen molar-refractivity contribution in [1.82, 2.24) is 9.88 Å². The number of oxazole rings is 1. The molecule has 0 N–H and O–H groups in total. The fourth-order valence-electron chi connectivity index (χ4n) is 3.53. The zero-order chi connectivity index (χ0) is 23.2. The van der Waals surface area contributed by atoms with Crippen LogP contribution in [0.2, 0.25) is 0 Å². The van der Waals surface area contributed by atoms with E-state index in [2.05, 4.69) is 11.1 Å². The third-order valence-corrected chi connectivity index (χ3v) is 5.29. The number of hydrogen-bond acceptors (Lipinski definition) is 6. The summed E-state index contributed by atoms with van der Waals surface area (Å²) in [7, 11) is 0. The maximum Gasteiger partial charge on any atom is 0.260 e. The molecule has 1 amide bonds. The summed E-state index contributed by atoms with van der Waals surface area (Å²) in [6.45, 7) is 3.96. The predicted molar refractivity (Wildman–Crippen MR) is 122 cm³/mol. The molecule has 7 nitrogen and oxygen atoms in total. The smallest absolute Gasteiger partial charge is 0.260 e. The molecule has 0 radical (unpaired) electrons. The van der Waals surface area contributed by atoms with Crippen LogP contribution in [0.4, 0.5) is 10.3 Å². The van der Waals surface area contributed by atoms with Gasteiger partial charge in [-0.05, 0) is 48.4 Å². The lowest BCUT2D eigenvalue weighted by atomic mass is 10.2. The molecule has 2 heterocycles. The quantitative estimate of drug-likeness (QED) is 0.571. The summed E-state index contributed by atoms with van der Waals surface area (Å²) >= 11 is 0. The minimum atomic E-state index is -0.309. The molecule has 0 aliphatic carbocycles. The van der Waals surface area contributed by atoms with Gasteiger partial charge in [0.05, 0.1) is 0 Å². The lowest BCUT2D eigenvalue weighted by molar-refractivity contribution is -0.133. The summed E-state index contributed by atoms with van der Waals surface area (Å²) in [5, 5.41) is 9.47. The Hall–Kier alpha value is -4.12. The number of benzene rings is 2. The standard InChI is InChI=1S/C25H23FN4O3/c1-18-3-2-4-21(15-18)32-17-24(31)29-11-13-30(14-12-29)25-22(16-27)28-23(33-25)10-7-19-5-8-20(26)9-6-19/h2-10,15H,11-14,17H2,1H3. The van der Waals surface area contributed by atoms with E-state index in [9.17, 15) is 14.4 Å². The Bertz CT molecular complexity index is 1190. The van der Waals surface area contributed by atoms with Crippen LogP contribution in [-0.2, 0) is 4.79 Å². The van der Waals surface area contributed by atoms with Gasteiger partial charge in [-0.15, -0.1) is 0 Å². The van der Waals surface area contributed by atoms with Gasteiger partial charge in [0.2, 0.25) is 17.5 Å². The number of hydrogen-bond donors (Lipinski definition) is 0. The first-order valence-electron chi connectivity index (χ1n) is 10.6.